The Bertz CT molecular complexity index is 1150. The monoisotopic (exact) mass is 465 g/mol. The van der Waals surface area contributed by atoms with Crippen LogP contribution < -0.4 is 10.1 Å². The second-order valence-electron chi connectivity index (χ2n) is 6.73. The van der Waals surface area contributed by atoms with Crippen LogP contribution in [-0.4, -0.2) is 32.3 Å². The minimum atomic E-state index is -0.398. The molecule has 4 rings (SSSR count). The SMILES string of the molecule is COc1ccc(C(NC(=O)c2ccc(-n3cc(Br)cn3)cc2)c2nccn2C)cc1. The molecule has 1 amide bonds. The first-order chi connectivity index (χ1) is 14.5. The van der Waals surface area contributed by atoms with Gasteiger partial charge in [0, 0.05) is 31.2 Å². The Balaban J connectivity index is 1.59. The number of halogens is 1. The fourth-order valence-corrected chi connectivity index (χ4v) is 3.46. The molecule has 7 nitrogen and oxygen atoms in total. The Morgan fingerprint density at radius 1 is 1.13 bits per heavy atom. The molecule has 2 heterocycles. The Labute approximate surface area is 182 Å². The third kappa shape index (κ3) is 4.13. The van der Waals surface area contributed by atoms with Crippen LogP contribution in [0, 0.1) is 0 Å². The van der Waals surface area contributed by atoms with Crippen molar-refractivity contribution in [2.75, 3.05) is 7.11 Å². The van der Waals surface area contributed by atoms with Crippen LogP contribution in [0.3, 0.4) is 0 Å². The highest BCUT2D eigenvalue weighted by atomic mass is 79.9. The Kier molecular flexibility index (Phi) is 5.67. The summed E-state index contributed by atoms with van der Waals surface area (Å²) in [5.41, 5.74) is 2.34. The number of nitrogens with one attached hydrogen (secondary N) is 1. The highest BCUT2D eigenvalue weighted by Crippen LogP contribution is 2.24. The van der Waals surface area contributed by atoms with Gasteiger partial charge in [-0.3, -0.25) is 4.79 Å². The summed E-state index contributed by atoms with van der Waals surface area (Å²) in [6, 6.07) is 14.5. The predicted octanol–water partition coefficient (Wildman–Crippen LogP) is 3.90. The van der Waals surface area contributed by atoms with E-state index in [1.54, 1.807) is 36.3 Å². The first-order valence-electron chi connectivity index (χ1n) is 9.28. The van der Waals surface area contributed by atoms with Crippen LogP contribution in [0.4, 0.5) is 0 Å². The minimum absolute atomic E-state index is 0.188. The first-order valence-corrected chi connectivity index (χ1v) is 10.1. The van der Waals surface area contributed by atoms with E-state index in [1.807, 2.05) is 60.4 Å². The molecule has 0 bridgehead atoms. The molecule has 0 saturated carbocycles. The van der Waals surface area contributed by atoms with Gasteiger partial charge >= 0.3 is 0 Å². The topological polar surface area (TPSA) is 74.0 Å². The predicted molar refractivity (Wildman–Crippen MR) is 117 cm³/mol. The highest BCUT2D eigenvalue weighted by Gasteiger charge is 2.21. The molecule has 0 fully saturated rings. The second kappa shape index (κ2) is 8.54. The van der Waals surface area contributed by atoms with Crippen LogP contribution >= 0.6 is 15.9 Å². The van der Waals surface area contributed by atoms with Gasteiger partial charge in [0.2, 0.25) is 0 Å². The molecule has 0 aliphatic carbocycles. The van der Waals surface area contributed by atoms with E-state index in [-0.39, 0.29) is 5.91 Å². The summed E-state index contributed by atoms with van der Waals surface area (Å²) < 4.78 is 9.77. The standard InChI is InChI=1S/C22H20BrN5O2/c1-27-12-11-24-21(27)20(15-5-9-19(30-2)10-6-15)26-22(29)16-3-7-18(8-4-16)28-14-17(23)13-25-28/h3-14,20H,1-2H3,(H,26,29). The summed E-state index contributed by atoms with van der Waals surface area (Å²) in [5, 5.41) is 7.35. The molecule has 2 aromatic carbocycles. The van der Waals surface area contributed by atoms with Gasteiger partial charge in [0.15, 0.2) is 0 Å². The van der Waals surface area contributed by atoms with Crippen molar-refractivity contribution in [1.29, 1.82) is 0 Å². The zero-order valence-electron chi connectivity index (χ0n) is 16.5. The molecule has 8 heteroatoms. The summed E-state index contributed by atoms with van der Waals surface area (Å²) in [5.74, 6) is 1.31. The molecule has 0 saturated heterocycles. The molecule has 0 spiro atoms. The molecule has 4 aromatic rings. The molecule has 30 heavy (non-hydrogen) atoms. The minimum Gasteiger partial charge on any atom is -0.497 e. The van der Waals surface area contributed by atoms with Crippen molar-refractivity contribution in [2.45, 2.75) is 6.04 Å². The number of benzene rings is 2. The van der Waals surface area contributed by atoms with Crippen LogP contribution in [0.2, 0.25) is 0 Å². The van der Waals surface area contributed by atoms with E-state index in [9.17, 15) is 4.79 Å². The molecule has 0 radical (unpaired) electrons. The summed E-state index contributed by atoms with van der Waals surface area (Å²) >= 11 is 3.39. The maximum atomic E-state index is 13.0. The Hall–Kier alpha value is -3.39. The third-order valence-corrected chi connectivity index (χ3v) is 5.20. The van der Waals surface area contributed by atoms with E-state index in [0.717, 1.165) is 27.3 Å². The lowest BCUT2D eigenvalue weighted by molar-refractivity contribution is 0.0941. The van der Waals surface area contributed by atoms with Crippen molar-refractivity contribution in [3.63, 3.8) is 0 Å². The maximum absolute atomic E-state index is 13.0. The van der Waals surface area contributed by atoms with E-state index in [2.05, 4.69) is 31.3 Å². The van der Waals surface area contributed by atoms with Crippen molar-refractivity contribution in [2.24, 2.45) is 7.05 Å². The van der Waals surface area contributed by atoms with Crippen LogP contribution in [-0.2, 0) is 7.05 Å². The van der Waals surface area contributed by atoms with Gasteiger partial charge in [-0.25, -0.2) is 9.67 Å². The van der Waals surface area contributed by atoms with E-state index < -0.39 is 6.04 Å². The average molecular weight is 466 g/mol. The number of rotatable bonds is 6. The lowest BCUT2D eigenvalue weighted by atomic mass is 10.0. The number of aromatic nitrogens is 4. The smallest absolute Gasteiger partial charge is 0.252 e. The fraction of sp³-hybridized carbons (Fsp3) is 0.136. The number of hydrogen-bond acceptors (Lipinski definition) is 4. The largest absolute Gasteiger partial charge is 0.497 e. The summed E-state index contributed by atoms with van der Waals surface area (Å²) in [4.78, 5) is 17.4. The Morgan fingerprint density at radius 3 is 2.43 bits per heavy atom. The van der Waals surface area contributed by atoms with Crippen LogP contribution in [0.1, 0.15) is 27.8 Å². The van der Waals surface area contributed by atoms with Gasteiger partial charge < -0.3 is 14.6 Å². The van der Waals surface area contributed by atoms with Crippen molar-refractivity contribution in [1.82, 2.24) is 24.6 Å². The van der Waals surface area contributed by atoms with Crippen LogP contribution in [0.15, 0.2) is 77.8 Å². The van der Waals surface area contributed by atoms with Gasteiger partial charge in [0.25, 0.3) is 5.91 Å². The molecule has 0 aliphatic rings. The molecule has 2 aromatic heterocycles. The van der Waals surface area contributed by atoms with Crippen LogP contribution in [0.5, 0.6) is 5.75 Å². The number of hydrogen-bond donors (Lipinski definition) is 1. The zero-order chi connectivity index (χ0) is 21.1. The van der Waals surface area contributed by atoms with Gasteiger partial charge in [-0.1, -0.05) is 12.1 Å². The fourth-order valence-electron chi connectivity index (χ4n) is 3.17. The van der Waals surface area contributed by atoms with Gasteiger partial charge in [-0.15, -0.1) is 0 Å². The molecule has 0 aliphatic heterocycles. The number of aryl methyl sites for hydroxylation is 1. The first kappa shape index (κ1) is 19.9. The van der Waals surface area contributed by atoms with Gasteiger partial charge in [-0.2, -0.15) is 5.10 Å². The third-order valence-electron chi connectivity index (χ3n) is 4.79. The lowest BCUT2D eigenvalue weighted by Gasteiger charge is -2.19. The number of methoxy groups -OCH3 is 1. The number of ether oxygens (including phenoxy) is 1. The zero-order valence-corrected chi connectivity index (χ0v) is 18.1. The quantitative estimate of drug-likeness (QED) is 0.468. The number of carbonyl (C=O) groups excluding carboxylic acids is 1. The number of imidazole rings is 1. The van der Waals surface area contributed by atoms with E-state index >= 15 is 0 Å². The maximum Gasteiger partial charge on any atom is 0.252 e. The van der Waals surface area contributed by atoms with Crippen molar-refractivity contribution < 1.29 is 9.53 Å². The number of amides is 1. The molecular formula is C22H20BrN5O2. The van der Waals surface area contributed by atoms with Crippen LogP contribution in [0.25, 0.3) is 5.69 Å². The average Bonchev–Trinajstić information content (AvgIpc) is 3.40. The molecule has 1 unspecified atom stereocenters. The van der Waals surface area contributed by atoms with Gasteiger partial charge in [0.05, 0.1) is 23.5 Å². The Morgan fingerprint density at radius 2 is 1.87 bits per heavy atom. The van der Waals surface area contributed by atoms with E-state index in [0.29, 0.717) is 5.56 Å². The summed E-state index contributed by atoms with van der Waals surface area (Å²) in [6.07, 6.45) is 7.15. The number of nitrogens with zero attached hydrogens (tertiary/aromatic N) is 4. The lowest BCUT2D eigenvalue weighted by Crippen LogP contribution is -2.31. The molecular weight excluding hydrogens is 446 g/mol. The van der Waals surface area contributed by atoms with E-state index in [4.69, 9.17) is 4.74 Å². The molecule has 152 valence electrons. The highest BCUT2D eigenvalue weighted by molar-refractivity contribution is 9.10. The second-order valence-corrected chi connectivity index (χ2v) is 7.64. The molecule has 1 N–H and O–H groups in total. The normalized spacial score (nSPS) is 11.8. The summed E-state index contributed by atoms with van der Waals surface area (Å²) in [7, 11) is 3.53. The van der Waals surface area contributed by atoms with Gasteiger partial charge in [-0.05, 0) is 57.9 Å². The van der Waals surface area contributed by atoms with Crippen molar-refractivity contribution >= 4 is 21.8 Å². The molecule has 1 atom stereocenters. The summed E-state index contributed by atoms with van der Waals surface area (Å²) in [6.45, 7) is 0. The van der Waals surface area contributed by atoms with Crippen molar-refractivity contribution in [3.05, 3.63) is 94.7 Å². The van der Waals surface area contributed by atoms with Crippen molar-refractivity contribution in [3.8, 4) is 11.4 Å². The van der Waals surface area contributed by atoms with E-state index in [1.165, 1.54) is 0 Å². The number of carbonyl (C=O) groups is 1. The van der Waals surface area contributed by atoms with Gasteiger partial charge in [0.1, 0.15) is 17.6 Å².